The van der Waals surface area contributed by atoms with Crippen molar-refractivity contribution in [2.24, 2.45) is 0 Å². The van der Waals surface area contributed by atoms with E-state index >= 15 is 0 Å². The third-order valence-electron chi connectivity index (χ3n) is 1.90. The van der Waals surface area contributed by atoms with Gasteiger partial charge < -0.3 is 0 Å². The molecule has 1 heterocycles. The number of alkyl halides is 1. The number of rotatable bonds is 4. The van der Waals surface area contributed by atoms with Gasteiger partial charge in [-0.25, -0.2) is 13.4 Å². The van der Waals surface area contributed by atoms with E-state index in [1.54, 1.807) is 0 Å². The largest absolute Gasteiger partial charge is 0.258 e. The maximum absolute atomic E-state index is 11.1. The van der Waals surface area contributed by atoms with Crippen LogP contribution in [0.15, 0.2) is 5.38 Å². The molecule has 2 rings (SSSR count). The van der Waals surface area contributed by atoms with Crippen LogP contribution < -0.4 is 4.72 Å². The van der Waals surface area contributed by atoms with Gasteiger partial charge in [0.15, 0.2) is 5.13 Å². The van der Waals surface area contributed by atoms with Crippen LogP contribution in [0.1, 0.15) is 24.5 Å². The third kappa shape index (κ3) is 2.37. The van der Waals surface area contributed by atoms with Crippen molar-refractivity contribution in [3.63, 3.8) is 0 Å². The molecule has 0 spiro atoms. The Morgan fingerprint density at radius 1 is 1.64 bits per heavy atom. The van der Waals surface area contributed by atoms with Crippen LogP contribution in [-0.4, -0.2) is 18.6 Å². The van der Waals surface area contributed by atoms with E-state index in [1.807, 2.05) is 5.38 Å². The second-order valence-corrected chi connectivity index (χ2v) is 6.34. The SMILES string of the molecule is O=S(=O)(CCl)Nc1nc(C2CC2)cs1. The van der Waals surface area contributed by atoms with E-state index in [9.17, 15) is 8.42 Å². The number of nitrogens with one attached hydrogen (secondary N) is 1. The van der Waals surface area contributed by atoms with E-state index in [1.165, 1.54) is 11.3 Å². The monoisotopic (exact) mass is 252 g/mol. The molecule has 0 aromatic carbocycles. The van der Waals surface area contributed by atoms with E-state index in [0.29, 0.717) is 11.0 Å². The number of aromatic nitrogens is 1. The predicted octanol–water partition coefficient (Wildman–Crippen LogP) is 1.96. The Morgan fingerprint density at radius 3 is 2.93 bits per heavy atom. The summed E-state index contributed by atoms with van der Waals surface area (Å²) in [6.07, 6.45) is 2.32. The van der Waals surface area contributed by atoms with Gasteiger partial charge in [0.2, 0.25) is 10.0 Å². The van der Waals surface area contributed by atoms with Gasteiger partial charge in [-0.2, -0.15) is 0 Å². The Kier molecular flexibility index (Phi) is 2.68. The molecule has 78 valence electrons. The first kappa shape index (κ1) is 10.2. The lowest BCUT2D eigenvalue weighted by Gasteiger charge is -1.99. The molecule has 7 heteroatoms. The van der Waals surface area contributed by atoms with Crippen molar-refractivity contribution >= 4 is 38.1 Å². The Labute approximate surface area is 91.4 Å². The molecule has 0 bridgehead atoms. The first-order valence-corrected chi connectivity index (χ1v) is 7.19. The fourth-order valence-corrected chi connectivity index (χ4v) is 2.80. The summed E-state index contributed by atoms with van der Waals surface area (Å²) in [5.74, 6) is 0.542. The van der Waals surface area contributed by atoms with Gasteiger partial charge in [0.25, 0.3) is 0 Å². The molecule has 0 aliphatic heterocycles. The average molecular weight is 253 g/mol. The van der Waals surface area contributed by atoms with Gasteiger partial charge in [-0.05, 0) is 12.8 Å². The highest BCUT2D eigenvalue weighted by Crippen LogP contribution is 2.40. The van der Waals surface area contributed by atoms with Crippen LogP contribution in [-0.2, 0) is 10.0 Å². The molecule has 4 nitrogen and oxygen atoms in total. The minimum absolute atomic E-state index is 0.410. The lowest BCUT2D eigenvalue weighted by molar-refractivity contribution is 0.605. The molecule has 0 atom stereocenters. The van der Waals surface area contributed by atoms with E-state index in [-0.39, 0.29) is 0 Å². The number of hydrogen-bond donors (Lipinski definition) is 1. The fourth-order valence-electron chi connectivity index (χ4n) is 1.06. The topological polar surface area (TPSA) is 59.1 Å². The van der Waals surface area contributed by atoms with Gasteiger partial charge >= 0.3 is 0 Å². The Hall–Kier alpha value is -0.330. The zero-order valence-electron chi connectivity index (χ0n) is 7.23. The van der Waals surface area contributed by atoms with Crippen molar-refractivity contribution in [1.82, 2.24) is 4.98 Å². The predicted molar refractivity (Wildman–Crippen MR) is 57.4 cm³/mol. The van der Waals surface area contributed by atoms with Gasteiger partial charge in [0.05, 0.1) is 5.69 Å². The van der Waals surface area contributed by atoms with Gasteiger partial charge in [0.1, 0.15) is 5.21 Å². The maximum atomic E-state index is 11.1. The van der Waals surface area contributed by atoms with E-state index in [0.717, 1.165) is 18.5 Å². The Balaban J connectivity index is 2.09. The summed E-state index contributed by atoms with van der Waals surface area (Å²) in [6.45, 7) is 0. The van der Waals surface area contributed by atoms with E-state index in [2.05, 4.69) is 9.71 Å². The lowest BCUT2D eigenvalue weighted by Crippen LogP contribution is -2.13. The smallest absolute Gasteiger partial charge is 0.248 e. The van der Waals surface area contributed by atoms with Gasteiger partial charge in [0, 0.05) is 11.3 Å². The number of thiazole rings is 1. The first-order chi connectivity index (χ1) is 6.61. The molecule has 0 radical (unpaired) electrons. The molecule has 1 N–H and O–H groups in total. The standard InChI is InChI=1S/C7H9ClN2O2S2/c8-4-14(11,12)10-7-9-6(3-13-7)5-1-2-5/h3,5H,1-2,4H2,(H,9,10). The minimum Gasteiger partial charge on any atom is -0.258 e. The molecule has 0 amide bonds. The highest BCUT2D eigenvalue weighted by atomic mass is 35.5. The fraction of sp³-hybridized carbons (Fsp3) is 0.571. The number of hydrogen-bond acceptors (Lipinski definition) is 4. The molecular formula is C7H9ClN2O2S2. The number of sulfonamides is 1. The average Bonchev–Trinajstić information content (AvgIpc) is 2.89. The van der Waals surface area contributed by atoms with Crippen molar-refractivity contribution in [3.05, 3.63) is 11.1 Å². The van der Waals surface area contributed by atoms with Crippen LogP contribution in [0.2, 0.25) is 0 Å². The third-order valence-corrected chi connectivity index (χ3v) is 4.46. The quantitative estimate of drug-likeness (QED) is 0.834. The molecular weight excluding hydrogens is 244 g/mol. The summed E-state index contributed by atoms with van der Waals surface area (Å²) < 4.78 is 24.5. The molecule has 1 saturated carbocycles. The number of anilines is 1. The Morgan fingerprint density at radius 2 is 2.36 bits per heavy atom. The summed E-state index contributed by atoms with van der Waals surface area (Å²) in [5, 5.41) is 1.86. The molecule has 1 aromatic heterocycles. The van der Waals surface area contributed by atoms with Crippen LogP contribution >= 0.6 is 22.9 Å². The van der Waals surface area contributed by atoms with Crippen LogP contribution in [0, 0.1) is 0 Å². The Bertz CT molecular complexity index is 425. The summed E-state index contributed by atoms with van der Waals surface area (Å²) >= 11 is 6.55. The highest BCUT2D eigenvalue weighted by Gasteiger charge is 2.26. The summed E-state index contributed by atoms with van der Waals surface area (Å²) in [7, 11) is -3.40. The van der Waals surface area contributed by atoms with E-state index in [4.69, 9.17) is 11.6 Å². The molecule has 1 aromatic rings. The van der Waals surface area contributed by atoms with Gasteiger partial charge in [-0.1, -0.05) is 0 Å². The molecule has 1 aliphatic rings. The van der Waals surface area contributed by atoms with Crippen molar-refractivity contribution in [2.45, 2.75) is 18.8 Å². The molecule has 0 unspecified atom stereocenters. The van der Waals surface area contributed by atoms with Crippen LogP contribution in [0.3, 0.4) is 0 Å². The molecule has 1 fully saturated rings. The molecule has 0 saturated heterocycles. The van der Waals surface area contributed by atoms with E-state index < -0.39 is 15.2 Å². The van der Waals surface area contributed by atoms with Gasteiger partial charge in [-0.15, -0.1) is 22.9 Å². The summed E-state index contributed by atoms with van der Waals surface area (Å²) in [6, 6.07) is 0. The van der Waals surface area contributed by atoms with Crippen molar-refractivity contribution < 1.29 is 8.42 Å². The second kappa shape index (κ2) is 3.67. The zero-order valence-corrected chi connectivity index (χ0v) is 9.62. The van der Waals surface area contributed by atoms with Crippen molar-refractivity contribution in [3.8, 4) is 0 Å². The number of nitrogens with zero attached hydrogens (tertiary/aromatic N) is 1. The summed E-state index contributed by atoms with van der Waals surface area (Å²) in [5.41, 5.74) is 0.988. The summed E-state index contributed by atoms with van der Waals surface area (Å²) in [4.78, 5) is 4.17. The molecule has 14 heavy (non-hydrogen) atoms. The lowest BCUT2D eigenvalue weighted by atomic mass is 10.3. The normalized spacial score (nSPS) is 16.9. The number of halogens is 1. The maximum Gasteiger partial charge on any atom is 0.248 e. The highest BCUT2D eigenvalue weighted by molar-refractivity contribution is 7.94. The van der Waals surface area contributed by atoms with Crippen LogP contribution in [0.5, 0.6) is 0 Å². The van der Waals surface area contributed by atoms with Crippen LogP contribution in [0.4, 0.5) is 5.13 Å². The molecule has 1 aliphatic carbocycles. The van der Waals surface area contributed by atoms with Crippen molar-refractivity contribution in [2.75, 3.05) is 9.93 Å². The second-order valence-electron chi connectivity index (χ2n) is 3.18. The van der Waals surface area contributed by atoms with Crippen LogP contribution in [0.25, 0.3) is 0 Å². The van der Waals surface area contributed by atoms with Crippen molar-refractivity contribution in [1.29, 1.82) is 0 Å². The first-order valence-electron chi connectivity index (χ1n) is 4.12. The zero-order chi connectivity index (χ0) is 10.2. The van der Waals surface area contributed by atoms with Gasteiger partial charge in [-0.3, -0.25) is 4.72 Å². The minimum atomic E-state index is -3.40.